The van der Waals surface area contributed by atoms with Crippen molar-refractivity contribution in [1.82, 2.24) is 0 Å². The average Bonchev–Trinajstić information content (AvgIpc) is 2.44. The van der Waals surface area contributed by atoms with Gasteiger partial charge >= 0.3 is 5.97 Å². The van der Waals surface area contributed by atoms with E-state index < -0.39 is 0 Å². The van der Waals surface area contributed by atoms with Gasteiger partial charge in [0.25, 0.3) is 0 Å². The van der Waals surface area contributed by atoms with E-state index in [0.29, 0.717) is 19.6 Å². The standard InChI is InChI=1S/C14H21NO4/c1-11(14(16)17-2)10-12-4-6-13(7-5-12)18-8-3-9-19-15/h4-7,11H,3,8-10,15H2,1-2H3/t11-/m0/s1. The molecule has 0 aromatic heterocycles. The highest BCUT2D eigenvalue weighted by Crippen LogP contribution is 2.15. The highest BCUT2D eigenvalue weighted by Gasteiger charge is 2.13. The summed E-state index contributed by atoms with van der Waals surface area (Å²) in [5, 5.41) is 0. The van der Waals surface area contributed by atoms with E-state index in [2.05, 4.69) is 4.84 Å². The maximum absolute atomic E-state index is 11.3. The molecule has 1 atom stereocenters. The Morgan fingerprint density at radius 1 is 1.26 bits per heavy atom. The molecule has 1 aromatic carbocycles. The van der Waals surface area contributed by atoms with Crippen LogP contribution in [0.3, 0.4) is 0 Å². The first-order valence-electron chi connectivity index (χ1n) is 6.28. The number of hydrogen-bond donors (Lipinski definition) is 1. The number of nitrogens with two attached hydrogens (primary N) is 1. The lowest BCUT2D eigenvalue weighted by Crippen LogP contribution is -2.15. The second-order valence-electron chi connectivity index (χ2n) is 4.35. The molecule has 5 heteroatoms. The van der Waals surface area contributed by atoms with Gasteiger partial charge in [0.05, 0.1) is 26.2 Å². The predicted molar refractivity (Wildman–Crippen MR) is 71.6 cm³/mol. The summed E-state index contributed by atoms with van der Waals surface area (Å²) in [6, 6.07) is 7.69. The number of rotatable bonds is 8. The van der Waals surface area contributed by atoms with Crippen LogP contribution in [-0.2, 0) is 20.8 Å². The normalized spacial score (nSPS) is 11.9. The first-order valence-corrected chi connectivity index (χ1v) is 6.28. The van der Waals surface area contributed by atoms with Crippen molar-refractivity contribution in [2.75, 3.05) is 20.3 Å². The number of esters is 1. The summed E-state index contributed by atoms with van der Waals surface area (Å²) in [4.78, 5) is 15.8. The second kappa shape index (κ2) is 8.50. The molecule has 0 fully saturated rings. The largest absolute Gasteiger partial charge is 0.494 e. The Bertz CT molecular complexity index is 378. The zero-order chi connectivity index (χ0) is 14.1. The van der Waals surface area contributed by atoms with Crippen molar-refractivity contribution in [3.8, 4) is 5.75 Å². The molecule has 2 N–H and O–H groups in total. The summed E-state index contributed by atoms with van der Waals surface area (Å²) >= 11 is 0. The zero-order valence-corrected chi connectivity index (χ0v) is 11.4. The Morgan fingerprint density at radius 2 is 1.95 bits per heavy atom. The lowest BCUT2D eigenvalue weighted by Gasteiger charge is -2.10. The lowest BCUT2D eigenvalue weighted by molar-refractivity contribution is -0.144. The number of carbonyl (C=O) groups is 1. The molecule has 0 radical (unpaired) electrons. The molecule has 1 rings (SSSR count). The Labute approximate surface area is 113 Å². The van der Waals surface area contributed by atoms with Crippen LogP contribution < -0.4 is 10.6 Å². The van der Waals surface area contributed by atoms with Crippen LogP contribution in [0.1, 0.15) is 18.9 Å². The van der Waals surface area contributed by atoms with Crippen molar-refractivity contribution >= 4 is 5.97 Å². The Hall–Kier alpha value is -1.59. The van der Waals surface area contributed by atoms with E-state index in [1.165, 1.54) is 7.11 Å². The maximum atomic E-state index is 11.3. The van der Waals surface area contributed by atoms with Crippen molar-refractivity contribution in [2.45, 2.75) is 19.8 Å². The third-order valence-electron chi connectivity index (χ3n) is 2.74. The summed E-state index contributed by atoms with van der Waals surface area (Å²) in [6.07, 6.45) is 1.41. The average molecular weight is 267 g/mol. The number of benzene rings is 1. The molecule has 0 unspecified atom stereocenters. The summed E-state index contributed by atoms with van der Waals surface area (Å²) in [5.41, 5.74) is 1.08. The van der Waals surface area contributed by atoms with Crippen molar-refractivity contribution in [2.24, 2.45) is 11.8 Å². The highest BCUT2D eigenvalue weighted by atomic mass is 16.6. The van der Waals surface area contributed by atoms with Crippen LogP contribution in [0.25, 0.3) is 0 Å². The second-order valence-corrected chi connectivity index (χ2v) is 4.35. The molecule has 1 aromatic rings. The molecule has 0 aliphatic carbocycles. The van der Waals surface area contributed by atoms with Crippen LogP contribution in [0, 0.1) is 5.92 Å². The topological polar surface area (TPSA) is 70.8 Å². The van der Waals surface area contributed by atoms with Crippen LogP contribution >= 0.6 is 0 Å². The number of hydrogen-bond acceptors (Lipinski definition) is 5. The maximum Gasteiger partial charge on any atom is 0.308 e. The summed E-state index contributed by atoms with van der Waals surface area (Å²) in [7, 11) is 1.40. The molecule has 106 valence electrons. The minimum Gasteiger partial charge on any atom is -0.494 e. The van der Waals surface area contributed by atoms with Crippen LogP contribution in [0.15, 0.2) is 24.3 Å². The van der Waals surface area contributed by atoms with E-state index in [-0.39, 0.29) is 11.9 Å². The Balaban J connectivity index is 2.41. The van der Waals surface area contributed by atoms with E-state index in [1.807, 2.05) is 31.2 Å². The molecule has 0 aliphatic heterocycles. The van der Waals surface area contributed by atoms with E-state index in [9.17, 15) is 4.79 Å². The number of ether oxygens (including phenoxy) is 2. The quantitative estimate of drug-likeness (QED) is 0.441. The highest BCUT2D eigenvalue weighted by molar-refractivity contribution is 5.72. The van der Waals surface area contributed by atoms with Gasteiger partial charge in [0.1, 0.15) is 5.75 Å². The van der Waals surface area contributed by atoms with Gasteiger partial charge in [-0.15, -0.1) is 0 Å². The summed E-state index contributed by atoms with van der Waals surface area (Å²) in [5.74, 6) is 5.38. The van der Waals surface area contributed by atoms with Crippen molar-refractivity contribution in [3.63, 3.8) is 0 Å². The number of methoxy groups -OCH3 is 1. The minimum absolute atomic E-state index is 0.140. The monoisotopic (exact) mass is 267 g/mol. The predicted octanol–water partition coefficient (Wildman–Crippen LogP) is 1.70. The van der Waals surface area contributed by atoms with Gasteiger partial charge in [-0.3, -0.25) is 4.79 Å². The molecule has 5 nitrogen and oxygen atoms in total. The van der Waals surface area contributed by atoms with E-state index >= 15 is 0 Å². The summed E-state index contributed by atoms with van der Waals surface area (Å²) < 4.78 is 10.2. The molecular weight excluding hydrogens is 246 g/mol. The molecule has 0 bridgehead atoms. The Morgan fingerprint density at radius 3 is 2.53 bits per heavy atom. The zero-order valence-electron chi connectivity index (χ0n) is 11.4. The van der Waals surface area contributed by atoms with Crippen molar-refractivity contribution in [1.29, 1.82) is 0 Å². The molecule has 0 heterocycles. The smallest absolute Gasteiger partial charge is 0.308 e. The van der Waals surface area contributed by atoms with E-state index in [4.69, 9.17) is 15.4 Å². The molecular formula is C14H21NO4. The van der Waals surface area contributed by atoms with Gasteiger partial charge in [0.2, 0.25) is 0 Å². The third-order valence-corrected chi connectivity index (χ3v) is 2.74. The first kappa shape index (κ1) is 15.5. The van der Waals surface area contributed by atoms with Crippen LogP contribution in [0.5, 0.6) is 5.75 Å². The number of carbonyl (C=O) groups excluding carboxylic acids is 1. The molecule has 0 saturated carbocycles. The summed E-state index contributed by atoms with van der Waals surface area (Å²) in [6.45, 7) is 2.90. The lowest BCUT2D eigenvalue weighted by atomic mass is 10.0. The molecule has 19 heavy (non-hydrogen) atoms. The fraction of sp³-hybridized carbons (Fsp3) is 0.500. The van der Waals surface area contributed by atoms with Gasteiger partial charge in [-0.25, -0.2) is 5.90 Å². The third kappa shape index (κ3) is 5.72. The SMILES string of the molecule is COC(=O)[C@@H](C)Cc1ccc(OCCCON)cc1. The van der Waals surface area contributed by atoms with Crippen LogP contribution in [-0.4, -0.2) is 26.3 Å². The molecule has 0 aliphatic rings. The van der Waals surface area contributed by atoms with Crippen LogP contribution in [0.4, 0.5) is 0 Å². The van der Waals surface area contributed by atoms with Crippen molar-refractivity contribution < 1.29 is 19.1 Å². The Kier molecular flexibility index (Phi) is 6.92. The molecule has 0 saturated heterocycles. The van der Waals surface area contributed by atoms with Gasteiger partial charge < -0.3 is 14.3 Å². The first-order chi connectivity index (χ1) is 9.17. The van der Waals surface area contributed by atoms with Gasteiger partial charge in [0.15, 0.2) is 0 Å². The van der Waals surface area contributed by atoms with Gasteiger partial charge in [-0.1, -0.05) is 19.1 Å². The van der Waals surface area contributed by atoms with Gasteiger partial charge in [0, 0.05) is 6.42 Å². The van der Waals surface area contributed by atoms with Gasteiger partial charge in [-0.2, -0.15) is 0 Å². The van der Waals surface area contributed by atoms with Gasteiger partial charge in [-0.05, 0) is 24.1 Å². The van der Waals surface area contributed by atoms with E-state index in [1.54, 1.807) is 0 Å². The fourth-order valence-corrected chi connectivity index (χ4v) is 1.69. The molecule has 0 spiro atoms. The fourth-order valence-electron chi connectivity index (χ4n) is 1.69. The van der Waals surface area contributed by atoms with E-state index in [0.717, 1.165) is 17.7 Å². The molecule has 0 amide bonds. The van der Waals surface area contributed by atoms with Crippen molar-refractivity contribution in [3.05, 3.63) is 29.8 Å². The van der Waals surface area contributed by atoms with Crippen LogP contribution in [0.2, 0.25) is 0 Å². The minimum atomic E-state index is -0.192.